The molecule has 5 nitrogen and oxygen atoms in total. The summed E-state index contributed by atoms with van der Waals surface area (Å²) in [7, 11) is 0. The Morgan fingerprint density at radius 2 is 1.59 bits per heavy atom. The summed E-state index contributed by atoms with van der Waals surface area (Å²) in [6.45, 7) is 3.93. The number of rotatable bonds is 3. The molecule has 0 unspecified atom stereocenters. The van der Waals surface area contributed by atoms with Gasteiger partial charge in [0.1, 0.15) is 5.58 Å². The third kappa shape index (κ3) is 5.32. The average Bonchev–Trinajstić information content (AvgIpc) is 3.63. The van der Waals surface area contributed by atoms with Crippen LogP contribution in [0.1, 0.15) is 11.4 Å². The number of fused-ring (bicyclic) bond motifs is 4. The van der Waals surface area contributed by atoms with Crippen molar-refractivity contribution >= 4 is 33.0 Å². The number of pyridine rings is 2. The van der Waals surface area contributed by atoms with Crippen molar-refractivity contribution in [1.82, 2.24) is 19.5 Å². The molecule has 4 aromatic heterocycles. The van der Waals surface area contributed by atoms with Gasteiger partial charge in [-0.05, 0) is 55.3 Å². The number of hydrogen-bond donors (Lipinski definition) is 0. The average molecular weight is 753 g/mol. The Bertz CT molecular complexity index is 2170. The Balaban J connectivity index is 0.000000222. The molecule has 0 N–H and O–H groups in total. The Kier molecular flexibility index (Phi) is 8.16. The van der Waals surface area contributed by atoms with Gasteiger partial charge >= 0.3 is 0 Å². The fraction of sp³-hybridized carbons (Fsp3) is 0.0541. The Morgan fingerprint density at radius 1 is 0.818 bits per heavy atom. The van der Waals surface area contributed by atoms with Gasteiger partial charge in [-0.3, -0.25) is 14.4 Å². The van der Waals surface area contributed by atoms with E-state index < -0.39 is 0 Å². The summed E-state index contributed by atoms with van der Waals surface area (Å²) >= 11 is 0. The Labute approximate surface area is 267 Å². The number of aryl methyl sites for hydroxylation is 2. The van der Waals surface area contributed by atoms with Crippen molar-refractivity contribution in [3.63, 3.8) is 0 Å². The van der Waals surface area contributed by atoms with Crippen molar-refractivity contribution in [2.24, 2.45) is 0 Å². The molecule has 0 aliphatic heterocycles. The molecular formula is C37H25FIrN4O-2. The summed E-state index contributed by atoms with van der Waals surface area (Å²) in [6.07, 6.45) is 1.79. The second-order valence-electron chi connectivity index (χ2n) is 10.1. The summed E-state index contributed by atoms with van der Waals surface area (Å²) in [6, 6.07) is 40.7. The van der Waals surface area contributed by atoms with Crippen LogP contribution in [0.3, 0.4) is 0 Å². The van der Waals surface area contributed by atoms with E-state index in [-0.39, 0.29) is 25.9 Å². The standard InChI is InChI=1S/C26H17FN3O.C11H8N.Ir/c1-15-14-21-24(16(2)28-15)30(17-8-4-3-5-9-17)26(29-21)19-12-13-20(27)23-18-10-6-7-11-22(18)31-25(19)23;1-2-6-10(7-3-1)11-8-4-5-9-12-11;/h3-11,13-14H,1-2H3;1-6,8-9H;/q2*-1;. The van der Waals surface area contributed by atoms with E-state index in [1.165, 1.54) is 6.07 Å². The van der Waals surface area contributed by atoms with Crippen LogP contribution in [0.2, 0.25) is 0 Å². The quantitative estimate of drug-likeness (QED) is 0.169. The molecule has 0 bridgehead atoms. The summed E-state index contributed by atoms with van der Waals surface area (Å²) in [4.78, 5) is 13.8. The van der Waals surface area contributed by atoms with Crippen LogP contribution in [0.4, 0.5) is 4.39 Å². The van der Waals surface area contributed by atoms with Gasteiger partial charge < -0.3 is 14.0 Å². The molecule has 1 radical (unpaired) electrons. The summed E-state index contributed by atoms with van der Waals surface area (Å²) in [5.41, 5.74) is 8.15. The van der Waals surface area contributed by atoms with E-state index in [0.717, 1.165) is 44.8 Å². The van der Waals surface area contributed by atoms with Crippen molar-refractivity contribution in [1.29, 1.82) is 0 Å². The van der Waals surface area contributed by atoms with Crippen LogP contribution < -0.4 is 0 Å². The molecule has 4 aromatic carbocycles. The van der Waals surface area contributed by atoms with Crippen LogP contribution in [0, 0.1) is 31.8 Å². The summed E-state index contributed by atoms with van der Waals surface area (Å²) in [5, 5.41) is 1.18. The minimum atomic E-state index is -0.361. The van der Waals surface area contributed by atoms with Gasteiger partial charge in [-0.15, -0.1) is 48.0 Å². The van der Waals surface area contributed by atoms with E-state index in [1.54, 1.807) is 6.20 Å². The summed E-state index contributed by atoms with van der Waals surface area (Å²) in [5.74, 6) is 0.278. The second-order valence-corrected chi connectivity index (χ2v) is 10.1. The van der Waals surface area contributed by atoms with E-state index in [0.29, 0.717) is 27.9 Å². The monoisotopic (exact) mass is 753 g/mol. The third-order valence-corrected chi connectivity index (χ3v) is 7.23. The number of imidazole rings is 1. The van der Waals surface area contributed by atoms with Crippen molar-refractivity contribution in [3.05, 3.63) is 145 Å². The maximum Gasteiger partial charge on any atom is 0.121 e. The van der Waals surface area contributed by atoms with E-state index in [1.807, 2.05) is 122 Å². The van der Waals surface area contributed by atoms with Crippen LogP contribution in [-0.2, 0) is 20.1 Å². The second kappa shape index (κ2) is 12.3. The first-order valence-corrected chi connectivity index (χ1v) is 13.9. The van der Waals surface area contributed by atoms with Crippen molar-refractivity contribution in [2.75, 3.05) is 0 Å². The van der Waals surface area contributed by atoms with Crippen molar-refractivity contribution < 1.29 is 28.9 Å². The van der Waals surface area contributed by atoms with Crippen molar-refractivity contribution in [2.45, 2.75) is 13.8 Å². The van der Waals surface area contributed by atoms with E-state index in [9.17, 15) is 4.39 Å². The van der Waals surface area contributed by atoms with Gasteiger partial charge in [-0.2, -0.15) is 0 Å². The molecule has 217 valence electrons. The van der Waals surface area contributed by atoms with Gasteiger partial charge in [0, 0.05) is 48.9 Å². The SMILES string of the molecule is Cc1cc2nc(-c3[c-]cc(F)c4c3oc3ccccc34)n(-c3ccccc3)c2c(C)n1.[Ir].[c-]1ccccc1-c1ccccn1. The summed E-state index contributed by atoms with van der Waals surface area (Å²) < 4.78 is 23.0. The first kappa shape index (κ1) is 29.1. The smallest absolute Gasteiger partial charge is 0.121 e. The molecule has 0 saturated heterocycles. The van der Waals surface area contributed by atoms with E-state index >= 15 is 0 Å². The van der Waals surface area contributed by atoms with Gasteiger partial charge in [0.05, 0.1) is 28.1 Å². The molecule has 0 amide bonds. The van der Waals surface area contributed by atoms with E-state index in [2.05, 4.69) is 22.1 Å². The molecule has 0 saturated carbocycles. The fourth-order valence-corrected chi connectivity index (χ4v) is 5.40. The number of nitrogens with zero attached hydrogens (tertiary/aromatic N) is 4. The molecule has 8 rings (SSSR count). The number of aromatic nitrogens is 4. The first-order valence-electron chi connectivity index (χ1n) is 13.9. The van der Waals surface area contributed by atoms with E-state index in [4.69, 9.17) is 9.40 Å². The van der Waals surface area contributed by atoms with Gasteiger partial charge in [0.25, 0.3) is 0 Å². The molecule has 44 heavy (non-hydrogen) atoms. The van der Waals surface area contributed by atoms with Crippen molar-refractivity contribution in [3.8, 4) is 28.3 Å². The fourth-order valence-electron chi connectivity index (χ4n) is 5.40. The molecule has 0 aliphatic rings. The van der Waals surface area contributed by atoms with Gasteiger partial charge in [-0.1, -0.05) is 54.1 Å². The maximum atomic E-state index is 14.9. The predicted molar refractivity (Wildman–Crippen MR) is 168 cm³/mol. The number of benzene rings is 4. The molecule has 0 fully saturated rings. The first-order chi connectivity index (χ1) is 21.1. The van der Waals surface area contributed by atoms with Crippen LogP contribution in [0.15, 0.2) is 120 Å². The predicted octanol–water partition coefficient (Wildman–Crippen LogP) is 9.09. The van der Waals surface area contributed by atoms with Gasteiger partial charge in [-0.25, -0.2) is 0 Å². The minimum absolute atomic E-state index is 0. The molecule has 7 heteroatoms. The minimum Gasteiger partial charge on any atom is -0.500 e. The maximum absolute atomic E-state index is 14.9. The van der Waals surface area contributed by atoms with Gasteiger partial charge in [0.15, 0.2) is 0 Å². The van der Waals surface area contributed by atoms with Crippen LogP contribution >= 0.6 is 0 Å². The topological polar surface area (TPSA) is 56.7 Å². The normalized spacial score (nSPS) is 10.9. The number of para-hydroxylation sites is 2. The van der Waals surface area contributed by atoms with Gasteiger partial charge in [0.2, 0.25) is 0 Å². The zero-order valence-electron chi connectivity index (χ0n) is 23.9. The number of hydrogen-bond acceptors (Lipinski definition) is 4. The molecule has 8 aromatic rings. The number of halogens is 1. The van der Waals surface area contributed by atoms with Crippen LogP contribution in [-0.4, -0.2) is 19.5 Å². The van der Waals surface area contributed by atoms with Crippen LogP contribution in [0.5, 0.6) is 0 Å². The third-order valence-electron chi connectivity index (χ3n) is 7.23. The molecule has 4 heterocycles. The molecule has 0 aliphatic carbocycles. The zero-order valence-corrected chi connectivity index (χ0v) is 26.3. The molecule has 0 spiro atoms. The Morgan fingerprint density at radius 3 is 2.36 bits per heavy atom. The molecule has 0 atom stereocenters. The Hall–Kier alpha value is -4.97. The van der Waals surface area contributed by atoms with Crippen LogP contribution in [0.25, 0.3) is 61.3 Å². The number of furan rings is 1. The zero-order chi connectivity index (χ0) is 29.3. The molecular weight excluding hydrogens is 728 g/mol. The largest absolute Gasteiger partial charge is 0.500 e.